The van der Waals surface area contributed by atoms with Crippen LogP contribution in [0.4, 0.5) is 17.1 Å². The van der Waals surface area contributed by atoms with Gasteiger partial charge in [0.25, 0.3) is 0 Å². The third-order valence-electron chi connectivity index (χ3n) is 5.81. The molecular formula is C25H32N2O3. The van der Waals surface area contributed by atoms with Gasteiger partial charge in [-0.05, 0) is 62.1 Å². The molecule has 0 radical (unpaired) electrons. The fourth-order valence-corrected chi connectivity index (χ4v) is 4.35. The summed E-state index contributed by atoms with van der Waals surface area (Å²) < 4.78 is 11.2. The molecule has 4 rings (SSSR count). The van der Waals surface area contributed by atoms with Crippen molar-refractivity contribution in [2.45, 2.75) is 39.7 Å². The van der Waals surface area contributed by atoms with Crippen LogP contribution in [0.1, 0.15) is 33.3 Å². The third-order valence-corrected chi connectivity index (χ3v) is 5.81. The van der Waals surface area contributed by atoms with Crippen LogP contribution in [-0.2, 0) is 16.0 Å². The van der Waals surface area contributed by atoms with Crippen molar-refractivity contribution >= 4 is 23.0 Å². The monoisotopic (exact) mass is 408 g/mol. The second-order valence-corrected chi connectivity index (χ2v) is 9.49. The summed E-state index contributed by atoms with van der Waals surface area (Å²) in [5, 5.41) is 0. The molecule has 30 heavy (non-hydrogen) atoms. The van der Waals surface area contributed by atoms with Crippen molar-refractivity contribution in [1.82, 2.24) is 0 Å². The van der Waals surface area contributed by atoms with Gasteiger partial charge in [0, 0.05) is 24.5 Å². The van der Waals surface area contributed by atoms with Crippen molar-refractivity contribution in [2.75, 3.05) is 36.5 Å². The van der Waals surface area contributed by atoms with E-state index in [2.05, 4.69) is 80.0 Å². The summed E-state index contributed by atoms with van der Waals surface area (Å²) in [6.45, 7) is 10.9. The van der Waals surface area contributed by atoms with E-state index in [1.54, 1.807) is 0 Å². The van der Waals surface area contributed by atoms with Gasteiger partial charge < -0.3 is 19.3 Å². The van der Waals surface area contributed by atoms with E-state index in [-0.39, 0.29) is 17.5 Å². The van der Waals surface area contributed by atoms with Crippen LogP contribution in [0.2, 0.25) is 0 Å². The van der Waals surface area contributed by atoms with E-state index in [1.165, 1.54) is 12.7 Å². The highest BCUT2D eigenvalue weighted by Gasteiger charge is 2.35. The number of nitrogens with zero attached hydrogens (tertiary/aromatic N) is 2. The number of esters is 1. The van der Waals surface area contributed by atoms with E-state index in [0.717, 1.165) is 35.8 Å². The van der Waals surface area contributed by atoms with Gasteiger partial charge in [-0.1, -0.05) is 26.0 Å². The van der Waals surface area contributed by atoms with E-state index in [0.29, 0.717) is 19.0 Å². The van der Waals surface area contributed by atoms with Crippen LogP contribution in [0.25, 0.3) is 0 Å². The van der Waals surface area contributed by atoms with Crippen molar-refractivity contribution < 1.29 is 14.3 Å². The molecule has 2 aromatic rings. The number of hydrogen-bond donors (Lipinski definition) is 0. The molecule has 0 bridgehead atoms. The third kappa shape index (κ3) is 4.11. The average Bonchev–Trinajstić information content (AvgIpc) is 2.64. The Labute approximate surface area is 179 Å². The predicted octanol–water partition coefficient (Wildman–Crippen LogP) is 4.80. The normalized spacial score (nSPS) is 17.9. The topological polar surface area (TPSA) is 42.0 Å². The Morgan fingerprint density at radius 1 is 1.17 bits per heavy atom. The first-order valence-electron chi connectivity index (χ1n) is 10.8. The number of anilines is 3. The summed E-state index contributed by atoms with van der Waals surface area (Å²) in [6.07, 6.45) is 1.04. The first-order chi connectivity index (χ1) is 14.3. The standard InChI is InChI=1S/C25H32N2O3/c1-17(2)11-18-9-10-22-23(12-18)30-25(3,4)16-27(22)21-8-6-7-20(13-21)26-14-19(15-26)24(28)29-5/h6-10,12-13,17,19H,11,14-16H2,1-5H3. The summed E-state index contributed by atoms with van der Waals surface area (Å²) >= 11 is 0. The van der Waals surface area contributed by atoms with Crippen LogP contribution in [-0.4, -0.2) is 38.3 Å². The fraction of sp³-hybridized carbons (Fsp3) is 0.480. The molecule has 1 fully saturated rings. The molecule has 2 heterocycles. The first-order valence-corrected chi connectivity index (χ1v) is 10.8. The summed E-state index contributed by atoms with van der Waals surface area (Å²) in [7, 11) is 1.45. The van der Waals surface area contributed by atoms with Crippen LogP contribution >= 0.6 is 0 Å². The van der Waals surface area contributed by atoms with Gasteiger partial charge in [-0.25, -0.2) is 0 Å². The molecule has 5 heteroatoms. The molecule has 5 nitrogen and oxygen atoms in total. The van der Waals surface area contributed by atoms with Crippen LogP contribution in [0, 0.1) is 11.8 Å². The van der Waals surface area contributed by atoms with Gasteiger partial charge in [0.2, 0.25) is 0 Å². The minimum Gasteiger partial charge on any atom is -0.484 e. The van der Waals surface area contributed by atoms with E-state index >= 15 is 0 Å². The molecule has 2 aliphatic rings. The van der Waals surface area contributed by atoms with Gasteiger partial charge in [-0.3, -0.25) is 4.79 Å². The first kappa shape index (κ1) is 20.6. The van der Waals surface area contributed by atoms with Gasteiger partial charge in [-0.15, -0.1) is 0 Å². The highest BCUT2D eigenvalue weighted by Crippen LogP contribution is 2.43. The Morgan fingerprint density at radius 3 is 2.60 bits per heavy atom. The van der Waals surface area contributed by atoms with Crippen molar-refractivity contribution in [1.29, 1.82) is 0 Å². The van der Waals surface area contributed by atoms with E-state index in [1.807, 2.05) is 0 Å². The molecule has 0 atom stereocenters. The van der Waals surface area contributed by atoms with Crippen molar-refractivity contribution in [3.05, 3.63) is 48.0 Å². The maximum atomic E-state index is 11.7. The zero-order chi connectivity index (χ0) is 21.5. The van der Waals surface area contributed by atoms with Gasteiger partial charge in [0.1, 0.15) is 11.4 Å². The van der Waals surface area contributed by atoms with Crippen LogP contribution in [0.3, 0.4) is 0 Å². The zero-order valence-corrected chi connectivity index (χ0v) is 18.6. The highest BCUT2D eigenvalue weighted by atomic mass is 16.5. The SMILES string of the molecule is COC(=O)C1CN(c2cccc(N3CC(C)(C)Oc4cc(CC(C)C)ccc43)c2)C1. The van der Waals surface area contributed by atoms with Crippen molar-refractivity contribution in [2.24, 2.45) is 11.8 Å². The maximum absolute atomic E-state index is 11.7. The Bertz CT molecular complexity index is 932. The van der Waals surface area contributed by atoms with Crippen LogP contribution in [0.15, 0.2) is 42.5 Å². The number of methoxy groups -OCH3 is 1. The molecule has 0 aliphatic carbocycles. The average molecular weight is 409 g/mol. The van der Waals surface area contributed by atoms with E-state index < -0.39 is 0 Å². The predicted molar refractivity (Wildman–Crippen MR) is 121 cm³/mol. The summed E-state index contributed by atoms with van der Waals surface area (Å²) in [4.78, 5) is 16.3. The van der Waals surface area contributed by atoms with Crippen molar-refractivity contribution in [3.8, 4) is 5.75 Å². The molecule has 0 aromatic heterocycles. The second kappa shape index (κ2) is 7.86. The molecular weight excluding hydrogens is 376 g/mol. The summed E-state index contributed by atoms with van der Waals surface area (Å²) in [5.74, 6) is 1.41. The Morgan fingerprint density at radius 2 is 1.90 bits per heavy atom. The fourth-order valence-electron chi connectivity index (χ4n) is 4.35. The number of carbonyl (C=O) groups is 1. The Kier molecular flexibility index (Phi) is 5.39. The summed E-state index contributed by atoms with van der Waals surface area (Å²) in [6, 6.07) is 15.2. The minimum atomic E-state index is -0.286. The molecule has 0 unspecified atom stereocenters. The molecule has 160 valence electrons. The van der Waals surface area contributed by atoms with E-state index in [4.69, 9.17) is 9.47 Å². The minimum absolute atomic E-state index is 0.0268. The Hall–Kier alpha value is -2.69. The van der Waals surface area contributed by atoms with Gasteiger partial charge >= 0.3 is 5.97 Å². The molecule has 1 saturated heterocycles. The molecule has 2 aliphatic heterocycles. The number of ether oxygens (including phenoxy) is 2. The smallest absolute Gasteiger partial charge is 0.312 e. The number of hydrogen-bond acceptors (Lipinski definition) is 5. The van der Waals surface area contributed by atoms with Gasteiger partial charge in [0.05, 0.1) is 25.3 Å². The van der Waals surface area contributed by atoms with E-state index in [9.17, 15) is 4.79 Å². The van der Waals surface area contributed by atoms with Gasteiger partial charge in [-0.2, -0.15) is 0 Å². The molecule has 2 aromatic carbocycles. The number of rotatable bonds is 5. The lowest BCUT2D eigenvalue weighted by Gasteiger charge is -2.42. The lowest BCUT2D eigenvalue weighted by molar-refractivity contribution is -0.146. The lowest BCUT2D eigenvalue weighted by atomic mass is 9.98. The van der Waals surface area contributed by atoms with Crippen LogP contribution in [0.5, 0.6) is 5.75 Å². The quantitative estimate of drug-likeness (QED) is 0.665. The van der Waals surface area contributed by atoms with Crippen molar-refractivity contribution in [3.63, 3.8) is 0 Å². The Balaban J connectivity index is 1.61. The largest absolute Gasteiger partial charge is 0.484 e. The molecule has 0 N–H and O–H groups in total. The highest BCUT2D eigenvalue weighted by molar-refractivity contribution is 5.78. The van der Waals surface area contributed by atoms with Gasteiger partial charge in [0.15, 0.2) is 0 Å². The number of benzene rings is 2. The molecule has 0 amide bonds. The number of carbonyl (C=O) groups excluding carboxylic acids is 1. The molecule has 0 saturated carbocycles. The lowest BCUT2D eigenvalue weighted by Crippen LogP contribution is -2.51. The summed E-state index contributed by atoms with van der Waals surface area (Å²) in [5.41, 5.74) is 4.41. The molecule has 0 spiro atoms. The van der Waals surface area contributed by atoms with Crippen LogP contribution < -0.4 is 14.5 Å². The zero-order valence-electron chi connectivity index (χ0n) is 18.6. The second-order valence-electron chi connectivity index (χ2n) is 9.49. The maximum Gasteiger partial charge on any atom is 0.312 e. The number of fused-ring (bicyclic) bond motifs is 1.